The van der Waals surface area contributed by atoms with Gasteiger partial charge in [-0.2, -0.15) is 0 Å². The number of carbonyl (C=O) groups excluding carboxylic acids is 1. The molecular weight excluding hydrogens is 140 g/mol. The van der Waals surface area contributed by atoms with Crippen LogP contribution in [0.15, 0.2) is 0 Å². The summed E-state index contributed by atoms with van der Waals surface area (Å²) in [7, 11) is 0. The average molecular weight is 156 g/mol. The minimum atomic E-state index is -0.187. The Morgan fingerprint density at radius 3 is 2.36 bits per heavy atom. The van der Waals surface area contributed by atoms with E-state index in [1.807, 2.05) is 6.92 Å². The first kappa shape index (κ1) is 8.53. The molecule has 3 N–H and O–H groups in total. The van der Waals surface area contributed by atoms with Gasteiger partial charge in [-0.1, -0.05) is 26.2 Å². The fourth-order valence-electron chi connectivity index (χ4n) is 1.73. The van der Waals surface area contributed by atoms with E-state index in [0.29, 0.717) is 0 Å². The third-order valence-corrected chi connectivity index (χ3v) is 2.64. The maximum atomic E-state index is 11.3. The smallest absolute Gasteiger partial charge is 0.239 e. The van der Waals surface area contributed by atoms with Crippen molar-refractivity contribution in [1.82, 2.24) is 5.43 Å². The summed E-state index contributed by atoms with van der Waals surface area (Å²) in [6, 6.07) is 0. The van der Waals surface area contributed by atoms with Crippen LogP contribution in [0, 0.1) is 5.41 Å². The van der Waals surface area contributed by atoms with E-state index in [1.54, 1.807) is 0 Å². The number of carbonyl (C=O) groups is 1. The van der Waals surface area contributed by atoms with Crippen LogP contribution < -0.4 is 11.3 Å². The van der Waals surface area contributed by atoms with Gasteiger partial charge in [0.15, 0.2) is 0 Å². The highest BCUT2D eigenvalue weighted by atomic mass is 16.2. The van der Waals surface area contributed by atoms with Gasteiger partial charge in [0.25, 0.3) is 0 Å². The van der Waals surface area contributed by atoms with E-state index in [4.69, 9.17) is 5.84 Å². The number of amides is 1. The van der Waals surface area contributed by atoms with Crippen LogP contribution in [0.4, 0.5) is 0 Å². The van der Waals surface area contributed by atoms with Crippen LogP contribution in [0.5, 0.6) is 0 Å². The summed E-state index contributed by atoms with van der Waals surface area (Å²) in [5.41, 5.74) is 2.05. The molecule has 0 saturated heterocycles. The highest BCUT2D eigenvalue weighted by molar-refractivity contribution is 5.81. The second-order valence-electron chi connectivity index (χ2n) is 3.59. The van der Waals surface area contributed by atoms with E-state index in [-0.39, 0.29) is 11.3 Å². The zero-order valence-corrected chi connectivity index (χ0v) is 7.02. The van der Waals surface area contributed by atoms with Gasteiger partial charge in [0.2, 0.25) is 5.91 Å². The Labute approximate surface area is 67.3 Å². The van der Waals surface area contributed by atoms with E-state index in [0.717, 1.165) is 25.7 Å². The summed E-state index contributed by atoms with van der Waals surface area (Å²) in [6.45, 7) is 1.99. The molecule has 1 amide bonds. The van der Waals surface area contributed by atoms with Crippen LogP contribution in [0.3, 0.4) is 0 Å². The van der Waals surface area contributed by atoms with Crippen molar-refractivity contribution >= 4 is 5.91 Å². The van der Waals surface area contributed by atoms with Crippen molar-refractivity contribution in [3.8, 4) is 0 Å². The number of nitrogens with one attached hydrogen (secondary N) is 1. The van der Waals surface area contributed by atoms with Gasteiger partial charge in [0.05, 0.1) is 0 Å². The van der Waals surface area contributed by atoms with E-state index < -0.39 is 0 Å². The molecule has 3 nitrogen and oxygen atoms in total. The van der Waals surface area contributed by atoms with Gasteiger partial charge in [-0.15, -0.1) is 0 Å². The van der Waals surface area contributed by atoms with Crippen LogP contribution >= 0.6 is 0 Å². The summed E-state index contributed by atoms with van der Waals surface area (Å²) in [5.74, 6) is 5.09. The van der Waals surface area contributed by atoms with Gasteiger partial charge < -0.3 is 0 Å². The van der Waals surface area contributed by atoms with Crippen molar-refractivity contribution in [1.29, 1.82) is 0 Å². The standard InChI is InChI=1S/C8H16N2O/c1-8(7(11)10-9)5-3-2-4-6-8/h2-6,9H2,1H3,(H,10,11). The van der Waals surface area contributed by atoms with Crippen molar-refractivity contribution in [2.75, 3.05) is 0 Å². The molecule has 1 rings (SSSR count). The van der Waals surface area contributed by atoms with Crippen LogP contribution in [-0.2, 0) is 4.79 Å². The molecule has 1 aliphatic rings. The first-order chi connectivity index (χ1) is 5.19. The summed E-state index contributed by atoms with van der Waals surface area (Å²) in [5, 5.41) is 0. The van der Waals surface area contributed by atoms with E-state index in [2.05, 4.69) is 5.43 Å². The van der Waals surface area contributed by atoms with E-state index >= 15 is 0 Å². The predicted molar refractivity (Wildman–Crippen MR) is 43.5 cm³/mol. The number of hydrogen-bond donors (Lipinski definition) is 2. The van der Waals surface area contributed by atoms with E-state index in [1.165, 1.54) is 6.42 Å². The molecule has 0 bridgehead atoms. The lowest BCUT2D eigenvalue weighted by Crippen LogP contribution is -2.43. The largest absolute Gasteiger partial charge is 0.294 e. The van der Waals surface area contributed by atoms with Gasteiger partial charge >= 0.3 is 0 Å². The maximum absolute atomic E-state index is 11.3. The molecule has 3 heteroatoms. The Bertz CT molecular complexity index is 150. The lowest BCUT2D eigenvalue weighted by atomic mass is 9.75. The highest BCUT2D eigenvalue weighted by Crippen LogP contribution is 2.35. The molecule has 0 aliphatic heterocycles. The molecule has 1 aliphatic carbocycles. The molecule has 1 saturated carbocycles. The van der Waals surface area contributed by atoms with Crippen molar-refractivity contribution in [3.05, 3.63) is 0 Å². The normalized spacial score (nSPS) is 22.7. The minimum Gasteiger partial charge on any atom is -0.294 e. The molecule has 0 unspecified atom stereocenters. The molecule has 0 aromatic carbocycles. The van der Waals surface area contributed by atoms with Gasteiger partial charge in [-0.25, -0.2) is 5.84 Å². The first-order valence-corrected chi connectivity index (χ1v) is 4.20. The third kappa shape index (κ3) is 1.71. The number of hydrogen-bond acceptors (Lipinski definition) is 2. The molecule has 11 heavy (non-hydrogen) atoms. The topological polar surface area (TPSA) is 55.1 Å². The van der Waals surface area contributed by atoms with Crippen LogP contribution in [0.2, 0.25) is 0 Å². The minimum absolute atomic E-state index is 0.00259. The summed E-state index contributed by atoms with van der Waals surface area (Å²) in [6.07, 6.45) is 5.54. The molecule has 0 spiro atoms. The molecule has 64 valence electrons. The Morgan fingerprint density at radius 2 is 1.91 bits per heavy atom. The number of hydrazine groups is 1. The fourth-order valence-corrected chi connectivity index (χ4v) is 1.73. The van der Waals surface area contributed by atoms with Gasteiger partial charge in [0.1, 0.15) is 0 Å². The molecule has 0 heterocycles. The van der Waals surface area contributed by atoms with E-state index in [9.17, 15) is 4.79 Å². The zero-order valence-electron chi connectivity index (χ0n) is 7.02. The zero-order chi connectivity index (χ0) is 8.32. The SMILES string of the molecule is CC1(C(=O)NN)CCCCC1. The third-order valence-electron chi connectivity index (χ3n) is 2.64. The molecular formula is C8H16N2O. The monoisotopic (exact) mass is 156 g/mol. The predicted octanol–water partition coefficient (Wildman–Crippen LogP) is 0.947. The molecule has 0 aromatic rings. The van der Waals surface area contributed by atoms with Crippen LogP contribution in [-0.4, -0.2) is 5.91 Å². The Balaban J connectivity index is 2.56. The highest BCUT2D eigenvalue weighted by Gasteiger charge is 2.33. The molecule has 0 aromatic heterocycles. The lowest BCUT2D eigenvalue weighted by Gasteiger charge is -2.30. The first-order valence-electron chi connectivity index (χ1n) is 4.20. The summed E-state index contributed by atoms with van der Waals surface area (Å²) >= 11 is 0. The number of nitrogens with two attached hydrogens (primary N) is 1. The molecule has 0 atom stereocenters. The van der Waals surface area contributed by atoms with Crippen LogP contribution in [0.25, 0.3) is 0 Å². The second kappa shape index (κ2) is 3.22. The maximum Gasteiger partial charge on any atom is 0.239 e. The molecule has 1 fully saturated rings. The van der Waals surface area contributed by atoms with Gasteiger partial charge in [0, 0.05) is 5.41 Å². The van der Waals surface area contributed by atoms with Crippen molar-refractivity contribution in [3.63, 3.8) is 0 Å². The van der Waals surface area contributed by atoms with Crippen molar-refractivity contribution in [2.45, 2.75) is 39.0 Å². The van der Waals surface area contributed by atoms with Crippen molar-refractivity contribution in [2.24, 2.45) is 11.3 Å². The quantitative estimate of drug-likeness (QED) is 0.337. The summed E-state index contributed by atoms with van der Waals surface area (Å²) < 4.78 is 0. The molecule has 0 radical (unpaired) electrons. The Morgan fingerprint density at radius 1 is 1.36 bits per heavy atom. The fraction of sp³-hybridized carbons (Fsp3) is 0.875. The number of rotatable bonds is 1. The van der Waals surface area contributed by atoms with Crippen molar-refractivity contribution < 1.29 is 4.79 Å². The Hall–Kier alpha value is -0.570. The second-order valence-corrected chi connectivity index (χ2v) is 3.59. The summed E-state index contributed by atoms with van der Waals surface area (Å²) in [4.78, 5) is 11.3. The lowest BCUT2D eigenvalue weighted by molar-refractivity contribution is -0.131. The Kier molecular flexibility index (Phi) is 2.49. The van der Waals surface area contributed by atoms with Crippen LogP contribution in [0.1, 0.15) is 39.0 Å². The van der Waals surface area contributed by atoms with Gasteiger partial charge in [-0.3, -0.25) is 10.2 Å². The average Bonchev–Trinajstić information content (AvgIpc) is 2.04. The van der Waals surface area contributed by atoms with Gasteiger partial charge in [-0.05, 0) is 12.8 Å².